The third kappa shape index (κ3) is 3.07. The summed E-state index contributed by atoms with van der Waals surface area (Å²) in [6, 6.07) is 1.29. The minimum atomic E-state index is -0.273. The molecule has 1 aromatic carbocycles. The molecule has 0 radical (unpaired) electrons. The van der Waals surface area contributed by atoms with Gasteiger partial charge in [-0.05, 0) is 32.9 Å². The van der Waals surface area contributed by atoms with Gasteiger partial charge in [0.1, 0.15) is 11.3 Å². The van der Waals surface area contributed by atoms with Crippen LogP contribution < -0.4 is 10.9 Å². The summed E-state index contributed by atoms with van der Waals surface area (Å²) < 4.78 is 1.59. The third-order valence-corrected chi connectivity index (χ3v) is 3.94. The highest BCUT2D eigenvalue weighted by molar-refractivity contribution is 6.39. The van der Waals surface area contributed by atoms with Gasteiger partial charge in [-0.15, -0.1) is 0 Å². The van der Waals surface area contributed by atoms with Gasteiger partial charge in [-0.3, -0.25) is 9.36 Å². The quantitative estimate of drug-likeness (QED) is 0.815. The van der Waals surface area contributed by atoms with E-state index in [-0.39, 0.29) is 38.3 Å². The lowest BCUT2D eigenvalue weighted by Crippen LogP contribution is -2.30. The predicted octanol–water partition coefficient (Wildman–Crippen LogP) is 3.49. The molecule has 1 heterocycles. The summed E-state index contributed by atoms with van der Waals surface area (Å²) in [5.74, 6) is 0.334. The van der Waals surface area contributed by atoms with Gasteiger partial charge in [0.15, 0.2) is 5.75 Å². The van der Waals surface area contributed by atoms with Crippen molar-refractivity contribution in [3.05, 3.63) is 32.3 Å². The van der Waals surface area contributed by atoms with Gasteiger partial charge in [-0.25, -0.2) is 4.98 Å². The van der Waals surface area contributed by atoms with Crippen LogP contribution in [-0.4, -0.2) is 21.2 Å². The summed E-state index contributed by atoms with van der Waals surface area (Å²) >= 11 is 12.1. The number of aromatic nitrogens is 2. The Kier molecular flexibility index (Phi) is 5.32. The molecule has 1 aromatic heterocycles. The molecule has 5 nitrogen and oxygen atoms in total. The predicted molar refractivity (Wildman–Crippen MR) is 90.1 cm³/mol. The number of nitrogens with zero attached hydrogens (tertiary/aromatic N) is 2. The van der Waals surface area contributed by atoms with Gasteiger partial charge < -0.3 is 10.4 Å². The smallest absolute Gasteiger partial charge is 0.263 e. The zero-order chi connectivity index (χ0) is 16.4. The second-order valence-corrected chi connectivity index (χ2v) is 6.20. The van der Waals surface area contributed by atoms with Crippen molar-refractivity contribution in [1.82, 2.24) is 14.9 Å². The Morgan fingerprint density at radius 2 is 2.05 bits per heavy atom. The van der Waals surface area contributed by atoms with Gasteiger partial charge >= 0.3 is 0 Å². The van der Waals surface area contributed by atoms with Crippen LogP contribution in [0, 0.1) is 0 Å². The van der Waals surface area contributed by atoms with Gasteiger partial charge in [-0.1, -0.05) is 30.1 Å². The van der Waals surface area contributed by atoms with E-state index in [2.05, 4.69) is 17.2 Å². The molecule has 2 N–H and O–H groups in total. The fourth-order valence-corrected chi connectivity index (χ4v) is 2.90. The van der Waals surface area contributed by atoms with Crippen LogP contribution in [0.1, 0.15) is 39.1 Å². The summed E-state index contributed by atoms with van der Waals surface area (Å²) in [5.41, 5.74) is -0.127. The Bertz CT molecular complexity index is 757. The fraction of sp³-hybridized carbons (Fsp3) is 0.467. The summed E-state index contributed by atoms with van der Waals surface area (Å²) in [6.07, 6.45) is 0.975. The van der Waals surface area contributed by atoms with E-state index in [0.717, 1.165) is 13.0 Å². The highest BCUT2D eigenvalue weighted by Crippen LogP contribution is 2.34. The molecular weight excluding hydrogens is 325 g/mol. The fourth-order valence-electron chi connectivity index (χ4n) is 2.36. The number of aromatic hydroxyl groups is 1. The molecule has 0 bridgehead atoms. The lowest BCUT2D eigenvalue weighted by molar-refractivity contribution is 0.477. The van der Waals surface area contributed by atoms with Gasteiger partial charge in [-0.2, -0.15) is 0 Å². The number of fused-ring (bicyclic) bond motifs is 1. The van der Waals surface area contributed by atoms with Gasteiger partial charge in [0, 0.05) is 6.04 Å². The minimum absolute atomic E-state index is 0.0725. The molecule has 0 spiro atoms. The van der Waals surface area contributed by atoms with E-state index in [1.807, 2.05) is 13.8 Å². The van der Waals surface area contributed by atoms with Crippen LogP contribution in [-0.2, 0) is 6.54 Å². The first-order chi connectivity index (χ1) is 10.4. The van der Waals surface area contributed by atoms with E-state index >= 15 is 0 Å². The molecule has 0 unspecified atom stereocenters. The topological polar surface area (TPSA) is 67.2 Å². The van der Waals surface area contributed by atoms with Crippen LogP contribution in [0.25, 0.3) is 10.9 Å². The Morgan fingerprint density at radius 1 is 1.36 bits per heavy atom. The van der Waals surface area contributed by atoms with E-state index in [4.69, 9.17) is 23.2 Å². The van der Waals surface area contributed by atoms with Crippen molar-refractivity contribution in [2.75, 3.05) is 6.54 Å². The Morgan fingerprint density at radius 3 is 2.64 bits per heavy atom. The molecule has 0 amide bonds. The Hall–Kier alpha value is -1.30. The molecule has 0 aliphatic carbocycles. The van der Waals surface area contributed by atoms with Crippen molar-refractivity contribution < 1.29 is 5.11 Å². The van der Waals surface area contributed by atoms with E-state index in [9.17, 15) is 9.90 Å². The Balaban J connectivity index is 2.76. The maximum atomic E-state index is 12.8. The summed E-state index contributed by atoms with van der Waals surface area (Å²) in [6.45, 7) is 7.11. The van der Waals surface area contributed by atoms with E-state index in [0.29, 0.717) is 12.4 Å². The number of halogens is 2. The molecule has 0 aliphatic rings. The van der Waals surface area contributed by atoms with Crippen molar-refractivity contribution in [2.45, 2.75) is 39.8 Å². The highest BCUT2D eigenvalue weighted by atomic mass is 35.5. The SMILES string of the molecule is CCCNCc1nc2c(O)c(Cl)cc(Cl)c2c(=O)n1C(C)C. The highest BCUT2D eigenvalue weighted by Gasteiger charge is 2.19. The maximum Gasteiger partial charge on any atom is 0.263 e. The van der Waals surface area contributed by atoms with Gasteiger partial charge in [0.2, 0.25) is 0 Å². The zero-order valence-corrected chi connectivity index (χ0v) is 14.3. The summed E-state index contributed by atoms with van der Waals surface area (Å²) in [5, 5.41) is 13.8. The van der Waals surface area contributed by atoms with Crippen LogP contribution in [0.5, 0.6) is 5.75 Å². The number of phenols is 1. The van der Waals surface area contributed by atoms with Crippen LogP contribution in [0.4, 0.5) is 0 Å². The number of nitrogens with one attached hydrogen (secondary N) is 1. The minimum Gasteiger partial charge on any atom is -0.504 e. The molecule has 120 valence electrons. The molecule has 0 fully saturated rings. The zero-order valence-electron chi connectivity index (χ0n) is 12.8. The molecule has 22 heavy (non-hydrogen) atoms. The van der Waals surface area contributed by atoms with Crippen LogP contribution in [0.3, 0.4) is 0 Å². The van der Waals surface area contributed by atoms with Crippen molar-refractivity contribution in [3.8, 4) is 5.75 Å². The normalized spacial score (nSPS) is 11.5. The van der Waals surface area contributed by atoms with E-state index in [1.54, 1.807) is 4.57 Å². The molecule has 7 heteroatoms. The first-order valence-corrected chi connectivity index (χ1v) is 7.96. The van der Waals surface area contributed by atoms with E-state index < -0.39 is 0 Å². The van der Waals surface area contributed by atoms with Gasteiger partial charge in [0.25, 0.3) is 5.56 Å². The number of phenolic OH excluding ortho intramolecular Hbond substituents is 1. The number of rotatable bonds is 5. The lowest BCUT2D eigenvalue weighted by Gasteiger charge is -2.18. The Labute approximate surface area is 138 Å². The van der Waals surface area contributed by atoms with Crippen LogP contribution >= 0.6 is 23.2 Å². The van der Waals surface area contributed by atoms with Crippen molar-refractivity contribution in [3.63, 3.8) is 0 Å². The second kappa shape index (κ2) is 6.86. The maximum absolute atomic E-state index is 12.8. The van der Waals surface area contributed by atoms with Crippen LogP contribution in [0.15, 0.2) is 10.9 Å². The number of hydrogen-bond donors (Lipinski definition) is 2. The molecule has 2 rings (SSSR count). The summed E-state index contributed by atoms with van der Waals surface area (Å²) in [4.78, 5) is 17.2. The second-order valence-electron chi connectivity index (χ2n) is 5.39. The molecule has 0 aliphatic heterocycles. The molecular formula is C15H19Cl2N3O2. The molecule has 2 aromatic rings. The average molecular weight is 344 g/mol. The monoisotopic (exact) mass is 343 g/mol. The van der Waals surface area contributed by atoms with Crippen LogP contribution in [0.2, 0.25) is 10.0 Å². The lowest BCUT2D eigenvalue weighted by atomic mass is 10.2. The summed E-state index contributed by atoms with van der Waals surface area (Å²) in [7, 11) is 0. The first-order valence-electron chi connectivity index (χ1n) is 7.21. The average Bonchev–Trinajstić information content (AvgIpc) is 2.44. The van der Waals surface area contributed by atoms with Crippen molar-refractivity contribution in [1.29, 1.82) is 0 Å². The van der Waals surface area contributed by atoms with Crippen molar-refractivity contribution >= 4 is 34.1 Å². The van der Waals surface area contributed by atoms with Gasteiger partial charge in [0.05, 0.1) is 22.0 Å². The molecule has 0 saturated heterocycles. The largest absolute Gasteiger partial charge is 0.504 e. The number of hydrogen-bond acceptors (Lipinski definition) is 4. The number of benzene rings is 1. The standard InChI is InChI=1S/C15H19Cl2N3O2/c1-4-5-18-7-11-19-13-12(15(22)20(11)8(2)3)9(16)6-10(17)14(13)21/h6,8,18,21H,4-5,7H2,1-3H3. The molecule has 0 atom stereocenters. The first kappa shape index (κ1) is 17.1. The van der Waals surface area contributed by atoms with E-state index in [1.165, 1.54) is 6.07 Å². The van der Waals surface area contributed by atoms with Crippen molar-refractivity contribution in [2.24, 2.45) is 0 Å². The molecule has 0 saturated carbocycles. The third-order valence-electron chi connectivity index (χ3n) is 3.36.